The molecule has 0 atom stereocenters. The van der Waals surface area contributed by atoms with Crippen molar-refractivity contribution in [1.29, 1.82) is 0 Å². The lowest BCUT2D eigenvalue weighted by molar-refractivity contribution is -0.121. The third-order valence-corrected chi connectivity index (χ3v) is 2.83. The minimum atomic E-state index is -0.619. The lowest BCUT2D eigenvalue weighted by atomic mass is 9.66. The van der Waals surface area contributed by atoms with Crippen LogP contribution in [0, 0.1) is 5.41 Å². The summed E-state index contributed by atoms with van der Waals surface area (Å²) < 4.78 is 0. The van der Waals surface area contributed by atoms with E-state index in [0.29, 0.717) is 0 Å². The van der Waals surface area contributed by atoms with Gasteiger partial charge in [0.05, 0.1) is 5.60 Å². The van der Waals surface area contributed by atoms with Crippen molar-refractivity contribution in [3.63, 3.8) is 0 Å². The van der Waals surface area contributed by atoms with Crippen molar-refractivity contribution >= 4 is 6.29 Å². The molecule has 0 aromatic carbocycles. The monoisotopic (exact) mass is 170 g/mol. The molecule has 1 saturated carbocycles. The SMILES string of the molecule is CC(C)(O)CCC1(C=O)CCC1. The van der Waals surface area contributed by atoms with E-state index in [2.05, 4.69) is 0 Å². The van der Waals surface area contributed by atoms with E-state index in [1.54, 1.807) is 13.8 Å². The van der Waals surface area contributed by atoms with Gasteiger partial charge in [0.1, 0.15) is 6.29 Å². The van der Waals surface area contributed by atoms with Crippen LogP contribution >= 0.6 is 0 Å². The van der Waals surface area contributed by atoms with Gasteiger partial charge in [0.15, 0.2) is 0 Å². The zero-order valence-electron chi connectivity index (χ0n) is 7.97. The van der Waals surface area contributed by atoms with Gasteiger partial charge in [-0.3, -0.25) is 0 Å². The molecule has 1 N–H and O–H groups in total. The van der Waals surface area contributed by atoms with Gasteiger partial charge < -0.3 is 9.90 Å². The molecule has 0 radical (unpaired) electrons. The minimum absolute atomic E-state index is 0.0694. The molecule has 1 fully saturated rings. The van der Waals surface area contributed by atoms with Crippen LogP contribution in [0.4, 0.5) is 0 Å². The number of aliphatic hydroxyl groups is 1. The summed E-state index contributed by atoms with van der Waals surface area (Å²) in [5, 5.41) is 9.48. The van der Waals surface area contributed by atoms with Crippen LogP contribution in [0.15, 0.2) is 0 Å². The summed E-state index contributed by atoms with van der Waals surface area (Å²) in [5.74, 6) is 0. The topological polar surface area (TPSA) is 37.3 Å². The van der Waals surface area contributed by atoms with Crippen LogP contribution in [-0.2, 0) is 4.79 Å². The van der Waals surface area contributed by atoms with E-state index < -0.39 is 5.60 Å². The molecule has 0 unspecified atom stereocenters. The average molecular weight is 170 g/mol. The predicted octanol–water partition coefficient (Wildman–Crippen LogP) is 1.91. The third kappa shape index (κ3) is 2.31. The predicted molar refractivity (Wildman–Crippen MR) is 47.9 cm³/mol. The molecule has 0 aliphatic heterocycles. The number of carbonyl (C=O) groups is 1. The lowest BCUT2D eigenvalue weighted by Crippen LogP contribution is -2.33. The third-order valence-electron chi connectivity index (χ3n) is 2.83. The van der Waals surface area contributed by atoms with Crippen LogP contribution in [0.5, 0.6) is 0 Å². The van der Waals surface area contributed by atoms with Crippen LogP contribution in [0.2, 0.25) is 0 Å². The van der Waals surface area contributed by atoms with Gasteiger partial charge in [-0.05, 0) is 39.5 Å². The van der Waals surface area contributed by atoms with Crippen molar-refractivity contribution < 1.29 is 9.90 Å². The Morgan fingerprint density at radius 3 is 2.33 bits per heavy atom. The summed E-state index contributed by atoms with van der Waals surface area (Å²) in [7, 11) is 0. The fourth-order valence-corrected chi connectivity index (χ4v) is 1.61. The normalized spacial score (nSPS) is 21.6. The van der Waals surface area contributed by atoms with E-state index in [1.165, 1.54) is 6.42 Å². The maximum Gasteiger partial charge on any atom is 0.126 e. The molecule has 70 valence electrons. The van der Waals surface area contributed by atoms with E-state index in [4.69, 9.17) is 0 Å². The van der Waals surface area contributed by atoms with E-state index in [9.17, 15) is 9.90 Å². The van der Waals surface area contributed by atoms with Crippen LogP contribution in [-0.4, -0.2) is 17.0 Å². The largest absolute Gasteiger partial charge is 0.390 e. The molecule has 0 saturated heterocycles. The van der Waals surface area contributed by atoms with Crippen LogP contribution in [0.25, 0.3) is 0 Å². The molecular weight excluding hydrogens is 152 g/mol. The first-order valence-corrected chi connectivity index (χ1v) is 4.66. The van der Waals surface area contributed by atoms with Gasteiger partial charge >= 0.3 is 0 Å². The fraction of sp³-hybridized carbons (Fsp3) is 0.900. The molecule has 0 spiro atoms. The summed E-state index contributed by atoms with van der Waals surface area (Å²) in [4.78, 5) is 10.7. The highest BCUT2D eigenvalue weighted by molar-refractivity contribution is 5.60. The average Bonchev–Trinajstić information content (AvgIpc) is 1.84. The highest BCUT2D eigenvalue weighted by atomic mass is 16.3. The van der Waals surface area contributed by atoms with Crippen LogP contribution < -0.4 is 0 Å². The Hall–Kier alpha value is -0.370. The Morgan fingerprint density at radius 1 is 1.50 bits per heavy atom. The Morgan fingerprint density at radius 2 is 2.08 bits per heavy atom. The molecule has 12 heavy (non-hydrogen) atoms. The molecule has 2 heteroatoms. The molecule has 1 aliphatic carbocycles. The van der Waals surface area contributed by atoms with Gasteiger partial charge in [-0.2, -0.15) is 0 Å². The number of aldehydes is 1. The van der Waals surface area contributed by atoms with Gasteiger partial charge in [-0.1, -0.05) is 6.42 Å². The maximum absolute atomic E-state index is 10.7. The molecule has 2 nitrogen and oxygen atoms in total. The molecule has 0 aromatic heterocycles. The smallest absolute Gasteiger partial charge is 0.126 e. The van der Waals surface area contributed by atoms with E-state index >= 15 is 0 Å². The zero-order valence-corrected chi connectivity index (χ0v) is 7.97. The first-order chi connectivity index (χ1) is 5.47. The summed E-state index contributed by atoms with van der Waals surface area (Å²) in [6.07, 6.45) is 5.87. The first kappa shape index (κ1) is 9.72. The van der Waals surface area contributed by atoms with E-state index in [0.717, 1.165) is 32.0 Å². The number of rotatable bonds is 4. The van der Waals surface area contributed by atoms with Crippen molar-refractivity contribution in [1.82, 2.24) is 0 Å². The van der Waals surface area contributed by atoms with Crippen molar-refractivity contribution in [3.05, 3.63) is 0 Å². The van der Waals surface area contributed by atoms with Crippen molar-refractivity contribution in [3.8, 4) is 0 Å². The lowest BCUT2D eigenvalue weighted by Gasteiger charge is -2.38. The Balaban J connectivity index is 2.34. The molecule has 0 aromatic rings. The summed E-state index contributed by atoms with van der Waals surface area (Å²) in [6.45, 7) is 3.59. The van der Waals surface area contributed by atoms with Gasteiger partial charge in [0.2, 0.25) is 0 Å². The summed E-state index contributed by atoms with van der Waals surface area (Å²) >= 11 is 0. The first-order valence-electron chi connectivity index (χ1n) is 4.66. The van der Waals surface area contributed by atoms with Crippen LogP contribution in [0.1, 0.15) is 46.0 Å². The van der Waals surface area contributed by atoms with E-state index in [-0.39, 0.29) is 5.41 Å². The summed E-state index contributed by atoms with van der Waals surface area (Å²) in [5.41, 5.74) is -0.689. The highest BCUT2D eigenvalue weighted by Crippen LogP contribution is 2.43. The summed E-state index contributed by atoms with van der Waals surface area (Å²) in [6, 6.07) is 0. The second-order valence-electron chi connectivity index (χ2n) is 4.65. The molecule has 0 bridgehead atoms. The van der Waals surface area contributed by atoms with Crippen LogP contribution in [0.3, 0.4) is 0 Å². The zero-order chi connectivity index (χ0) is 9.24. The second-order valence-corrected chi connectivity index (χ2v) is 4.65. The molecule has 1 rings (SSSR count). The van der Waals surface area contributed by atoms with Crippen molar-refractivity contribution in [2.45, 2.75) is 51.6 Å². The molecule has 0 amide bonds. The molecular formula is C10H18O2. The fourth-order valence-electron chi connectivity index (χ4n) is 1.61. The number of hydrogen-bond donors (Lipinski definition) is 1. The van der Waals surface area contributed by atoms with Crippen molar-refractivity contribution in [2.24, 2.45) is 5.41 Å². The Bertz CT molecular complexity index is 163. The number of hydrogen-bond acceptors (Lipinski definition) is 2. The quantitative estimate of drug-likeness (QED) is 0.654. The molecule has 1 aliphatic rings. The molecule has 0 heterocycles. The van der Waals surface area contributed by atoms with Gasteiger partial charge in [0.25, 0.3) is 0 Å². The Labute approximate surface area is 74.0 Å². The Kier molecular flexibility index (Phi) is 2.57. The second kappa shape index (κ2) is 3.17. The van der Waals surface area contributed by atoms with E-state index in [1.807, 2.05) is 0 Å². The highest BCUT2D eigenvalue weighted by Gasteiger charge is 2.37. The maximum atomic E-state index is 10.7. The van der Waals surface area contributed by atoms with Crippen molar-refractivity contribution in [2.75, 3.05) is 0 Å². The standard InChI is InChI=1S/C10H18O2/c1-9(2,12)6-7-10(8-11)4-3-5-10/h8,12H,3-7H2,1-2H3. The van der Waals surface area contributed by atoms with Gasteiger partial charge in [-0.15, -0.1) is 0 Å². The van der Waals surface area contributed by atoms with Gasteiger partial charge in [-0.25, -0.2) is 0 Å². The van der Waals surface area contributed by atoms with Gasteiger partial charge in [0, 0.05) is 5.41 Å². The number of carbonyl (C=O) groups excluding carboxylic acids is 1. The minimum Gasteiger partial charge on any atom is -0.390 e.